The second-order valence-electron chi connectivity index (χ2n) is 2.25. The Morgan fingerprint density at radius 1 is 1.20 bits per heavy atom. The molecule has 0 unspecified atom stereocenters. The molecule has 0 aliphatic heterocycles. The van der Waals surface area contributed by atoms with Gasteiger partial charge in [-0.3, -0.25) is 4.99 Å². The van der Waals surface area contributed by atoms with Crippen molar-refractivity contribution in [2.45, 2.75) is 20.8 Å². The van der Waals surface area contributed by atoms with E-state index in [1.54, 1.807) is 7.05 Å². The van der Waals surface area contributed by atoms with Crippen molar-refractivity contribution in [2.75, 3.05) is 7.05 Å². The van der Waals surface area contributed by atoms with E-state index in [0.717, 1.165) is 17.1 Å². The Labute approximate surface area is 62.4 Å². The first kappa shape index (κ1) is 9.08. The van der Waals surface area contributed by atoms with E-state index in [-0.39, 0.29) is 0 Å². The highest BCUT2D eigenvalue weighted by Crippen LogP contribution is 1.92. The van der Waals surface area contributed by atoms with Gasteiger partial charge in [0.05, 0.1) is 0 Å². The van der Waals surface area contributed by atoms with Crippen LogP contribution in [0.25, 0.3) is 0 Å². The van der Waals surface area contributed by atoms with Crippen LogP contribution in [0.1, 0.15) is 20.8 Å². The van der Waals surface area contributed by atoms with Gasteiger partial charge >= 0.3 is 0 Å². The summed E-state index contributed by atoms with van der Waals surface area (Å²) in [4.78, 5) is 8.06. The molecule has 0 amide bonds. The summed E-state index contributed by atoms with van der Waals surface area (Å²) in [7, 11) is 1.73. The molecular formula is C8H14N2. The highest BCUT2D eigenvalue weighted by molar-refractivity contribution is 6.04. The van der Waals surface area contributed by atoms with Crippen molar-refractivity contribution in [3.05, 3.63) is 12.2 Å². The average molecular weight is 138 g/mol. The van der Waals surface area contributed by atoms with Gasteiger partial charge in [-0.1, -0.05) is 6.58 Å². The minimum absolute atomic E-state index is 0.792. The summed E-state index contributed by atoms with van der Waals surface area (Å²) >= 11 is 0. The van der Waals surface area contributed by atoms with E-state index in [2.05, 4.69) is 16.6 Å². The minimum Gasteiger partial charge on any atom is -0.274 e. The van der Waals surface area contributed by atoms with Crippen LogP contribution in [0.3, 0.4) is 0 Å². The van der Waals surface area contributed by atoms with E-state index in [1.807, 2.05) is 20.8 Å². The Morgan fingerprint density at radius 3 is 2.00 bits per heavy atom. The molecule has 10 heavy (non-hydrogen) atoms. The van der Waals surface area contributed by atoms with E-state index in [0.29, 0.717) is 0 Å². The summed E-state index contributed by atoms with van der Waals surface area (Å²) in [5, 5.41) is 0. The zero-order valence-electron chi connectivity index (χ0n) is 7.10. The third kappa shape index (κ3) is 3.17. The number of hydrogen-bond donors (Lipinski definition) is 0. The largest absolute Gasteiger partial charge is 0.274 e. The molecule has 0 rings (SSSR count). The Morgan fingerprint density at radius 2 is 1.70 bits per heavy atom. The van der Waals surface area contributed by atoms with Crippen molar-refractivity contribution < 1.29 is 0 Å². The summed E-state index contributed by atoms with van der Waals surface area (Å²) in [5.41, 5.74) is 1.94. The van der Waals surface area contributed by atoms with Crippen molar-refractivity contribution in [3.8, 4) is 0 Å². The number of amidine groups is 1. The lowest BCUT2D eigenvalue weighted by Crippen LogP contribution is -1.96. The van der Waals surface area contributed by atoms with Crippen LogP contribution in [0, 0.1) is 0 Å². The number of aliphatic imine (C=N–C) groups is 2. The molecule has 0 aromatic rings. The molecule has 0 aliphatic rings. The second-order valence-corrected chi connectivity index (χ2v) is 2.25. The minimum atomic E-state index is 0.792. The molecule has 0 heterocycles. The molecule has 56 valence electrons. The first-order valence-electron chi connectivity index (χ1n) is 3.22. The van der Waals surface area contributed by atoms with Crippen LogP contribution in [0.4, 0.5) is 0 Å². The van der Waals surface area contributed by atoms with Crippen LogP contribution in [-0.2, 0) is 0 Å². The van der Waals surface area contributed by atoms with Gasteiger partial charge in [0, 0.05) is 12.8 Å². The maximum absolute atomic E-state index is 4.16. The summed E-state index contributed by atoms with van der Waals surface area (Å²) in [6.07, 6.45) is 0. The van der Waals surface area contributed by atoms with Gasteiger partial charge in [0.25, 0.3) is 0 Å². The van der Waals surface area contributed by atoms with Crippen LogP contribution >= 0.6 is 0 Å². The zero-order valence-corrected chi connectivity index (χ0v) is 7.10. The number of hydrogen-bond acceptors (Lipinski definition) is 1. The number of nitrogens with zero attached hydrogens (tertiary/aromatic N) is 2. The van der Waals surface area contributed by atoms with Crippen LogP contribution in [0.15, 0.2) is 22.1 Å². The molecule has 0 saturated carbocycles. The molecule has 2 nitrogen and oxygen atoms in total. The fraction of sp³-hybridized carbons (Fsp3) is 0.500. The fourth-order valence-electron chi connectivity index (χ4n) is 0.388. The smallest absolute Gasteiger partial charge is 0.120 e. The Bertz CT molecular complexity index is 187. The molecule has 0 radical (unpaired) electrons. The summed E-state index contributed by atoms with van der Waals surface area (Å²) < 4.78 is 0. The lowest BCUT2D eigenvalue weighted by Gasteiger charge is -1.96. The normalized spacial score (nSPS) is 13.6. The Hall–Kier alpha value is -0.920. The highest BCUT2D eigenvalue weighted by Gasteiger charge is 1.90. The van der Waals surface area contributed by atoms with Gasteiger partial charge in [-0.05, 0) is 26.3 Å². The van der Waals surface area contributed by atoms with E-state index in [9.17, 15) is 0 Å². The molecule has 0 bridgehead atoms. The first-order valence-corrected chi connectivity index (χ1v) is 3.22. The fourth-order valence-corrected chi connectivity index (χ4v) is 0.388. The molecule has 0 spiro atoms. The lowest BCUT2D eigenvalue weighted by molar-refractivity contribution is 1.37. The summed E-state index contributed by atoms with van der Waals surface area (Å²) in [6.45, 7) is 9.48. The van der Waals surface area contributed by atoms with Gasteiger partial charge in [0.15, 0.2) is 0 Å². The highest BCUT2D eigenvalue weighted by atomic mass is 14.9. The molecule has 0 aliphatic carbocycles. The van der Waals surface area contributed by atoms with Crippen LogP contribution < -0.4 is 0 Å². The molecule has 0 aromatic heterocycles. The monoisotopic (exact) mass is 138 g/mol. The lowest BCUT2D eigenvalue weighted by atomic mass is 10.2. The van der Waals surface area contributed by atoms with Gasteiger partial charge < -0.3 is 0 Å². The molecule has 0 fully saturated rings. The standard InChI is InChI=1S/C8H14N2/c1-6(2)7(3)10-8(4)9-5/h1H2,2-5H3/b9-8-,10-7+. The Kier molecular flexibility index (Phi) is 3.62. The van der Waals surface area contributed by atoms with Gasteiger partial charge in [-0.2, -0.15) is 0 Å². The zero-order chi connectivity index (χ0) is 8.15. The van der Waals surface area contributed by atoms with E-state index in [1.165, 1.54) is 0 Å². The third-order valence-electron chi connectivity index (χ3n) is 1.27. The maximum atomic E-state index is 4.16. The second kappa shape index (κ2) is 3.99. The molecule has 0 aromatic carbocycles. The average Bonchev–Trinajstić information content (AvgIpc) is 1.87. The summed E-state index contributed by atoms with van der Waals surface area (Å²) in [6, 6.07) is 0. The van der Waals surface area contributed by atoms with Gasteiger partial charge in [0.2, 0.25) is 0 Å². The van der Waals surface area contributed by atoms with Gasteiger partial charge in [0.1, 0.15) is 5.84 Å². The predicted octanol–water partition coefficient (Wildman–Crippen LogP) is 2.07. The van der Waals surface area contributed by atoms with Crippen molar-refractivity contribution >= 4 is 11.5 Å². The van der Waals surface area contributed by atoms with Gasteiger partial charge in [-0.25, -0.2) is 4.99 Å². The molecular weight excluding hydrogens is 124 g/mol. The first-order chi connectivity index (χ1) is 4.57. The molecule has 0 saturated heterocycles. The van der Waals surface area contributed by atoms with Crippen molar-refractivity contribution in [1.82, 2.24) is 0 Å². The molecule has 0 atom stereocenters. The van der Waals surface area contributed by atoms with E-state index in [4.69, 9.17) is 0 Å². The van der Waals surface area contributed by atoms with Gasteiger partial charge in [-0.15, -0.1) is 0 Å². The topological polar surface area (TPSA) is 24.7 Å². The van der Waals surface area contributed by atoms with Crippen LogP contribution in [-0.4, -0.2) is 18.6 Å². The van der Waals surface area contributed by atoms with Crippen molar-refractivity contribution in [2.24, 2.45) is 9.98 Å². The molecule has 0 N–H and O–H groups in total. The third-order valence-corrected chi connectivity index (χ3v) is 1.27. The SMILES string of the molecule is C=C(C)/C(C)=N/C(C)=N\C. The predicted molar refractivity (Wildman–Crippen MR) is 47.0 cm³/mol. The van der Waals surface area contributed by atoms with Crippen molar-refractivity contribution in [1.29, 1.82) is 0 Å². The number of allylic oxidation sites excluding steroid dienone is 1. The van der Waals surface area contributed by atoms with Crippen LogP contribution in [0.5, 0.6) is 0 Å². The van der Waals surface area contributed by atoms with Crippen molar-refractivity contribution in [3.63, 3.8) is 0 Å². The maximum Gasteiger partial charge on any atom is 0.120 e. The summed E-state index contributed by atoms with van der Waals surface area (Å²) in [5.74, 6) is 0.792. The Balaban J connectivity index is 4.31. The number of rotatable bonds is 1. The van der Waals surface area contributed by atoms with E-state index < -0.39 is 0 Å². The molecule has 2 heteroatoms. The quantitative estimate of drug-likeness (QED) is 0.391. The van der Waals surface area contributed by atoms with Crippen LogP contribution in [0.2, 0.25) is 0 Å². The van der Waals surface area contributed by atoms with E-state index >= 15 is 0 Å².